The molecule has 2 rings (SSSR count). The Bertz CT molecular complexity index is 498. The van der Waals surface area contributed by atoms with Crippen LogP contribution in [0.4, 0.5) is 5.69 Å². The van der Waals surface area contributed by atoms with Crippen LogP contribution in [-0.2, 0) is 9.53 Å². The molecule has 0 bridgehead atoms. The predicted octanol–water partition coefficient (Wildman–Crippen LogP) is 1.92. The summed E-state index contributed by atoms with van der Waals surface area (Å²) in [6, 6.07) is 2.93. The van der Waals surface area contributed by atoms with Crippen molar-refractivity contribution in [2.24, 2.45) is 5.92 Å². The van der Waals surface area contributed by atoms with Crippen molar-refractivity contribution in [2.75, 3.05) is 11.9 Å². The largest absolute Gasteiger partial charge is 0.477 e. The lowest BCUT2D eigenvalue weighted by Crippen LogP contribution is -2.33. The van der Waals surface area contributed by atoms with Crippen LogP contribution < -0.4 is 5.32 Å². The van der Waals surface area contributed by atoms with Crippen molar-refractivity contribution in [3.05, 3.63) is 24.0 Å². The second kappa shape index (κ2) is 6.47. The second-order valence-electron chi connectivity index (χ2n) is 4.90. The quantitative estimate of drug-likeness (QED) is 0.830. The monoisotopic (exact) mass is 278 g/mol. The van der Waals surface area contributed by atoms with Crippen LogP contribution in [0.15, 0.2) is 18.3 Å². The first kappa shape index (κ1) is 14.5. The molecule has 2 N–H and O–H groups in total. The van der Waals surface area contributed by atoms with Crippen LogP contribution >= 0.6 is 0 Å². The van der Waals surface area contributed by atoms with E-state index in [1.165, 1.54) is 12.3 Å². The third-order valence-electron chi connectivity index (χ3n) is 3.33. The second-order valence-corrected chi connectivity index (χ2v) is 4.90. The molecule has 0 aliphatic heterocycles. The Morgan fingerprint density at radius 1 is 1.50 bits per heavy atom. The zero-order valence-corrected chi connectivity index (χ0v) is 11.3. The summed E-state index contributed by atoms with van der Waals surface area (Å²) >= 11 is 0. The van der Waals surface area contributed by atoms with Gasteiger partial charge in [0.25, 0.3) is 0 Å². The number of carboxylic acid groups (broad SMARTS) is 1. The van der Waals surface area contributed by atoms with Gasteiger partial charge in [-0.2, -0.15) is 0 Å². The van der Waals surface area contributed by atoms with E-state index in [1.54, 1.807) is 6.07 Å². The molecule has 1 fully saturated rings. The minimum Gasteiger partial charge on any atom is -0.477 e. The molecule has 6 nitrogen and oxygen atoms in total. The number of hydrogen-bond acceptors (Lipinski definition) is 4. The van der Waals surface area contributed by atoms with Crippen LogP contribution in [0.3, 0.4) is 0 Å². The number of ether oxygens (including phenoxy) is 1. The summed E-state index contributed by atoms with van der Waals surface area (Å²) in [5.74, 6) is -0.862. The van der Waals surface area contributed by atoms with Gasteiger partial charge in [-0.05, 0) is 37.8 Å². The predicted molar refractivity (Wildman–Crippen MR) is 72.6 cm³/mol. The lowest BCUT2D eigenvalue weighted by atomic mass is 9.80. The van der Waals surface area contributed by atoms with E-state index >= 15 is 0 Å². The number of nitrogens with one attached hydrogen (secondary N) is 1. The molecule has 0 saturated heterocycles. The molecular weight excluding hydrogens is 260 g/mol. The summed E-state index contributed by atoms with van der Waals surface area (Å²) < 4.78 is 5.44. The van der Waals surface area contributed by atoms with Crippen molar-refractivity contribution in [1.29, 1.82) is 0 Å². The Balaban J connectivity index is 1.80. The Morgan fingerprint density at radius 2 is 2.25 bits per heavy atom. The highest BCUT2D eigenvalue weighted by Gasteiger charge is 2.31. The average Bonchev–Trinajstić information content (AvgIpc) is 2.36. The number of aromatic nitrogens is 1. The molecule has 0 atom stereocenters. The molecule has 0 aromatic carbocycles. The van der Waals surface area contributed by atoms with Crippen molar-refractivity contribution >= 4 is 17.6 Å². The summed E-state index contributed by atoms with van der Waals surface area (Å²) in [4.78, 5) is 26.3. The molecule has 6 heteroatoms. The van der Waals surface area contributed by atoms with Crippen molar-refractivity contribution in [2.45, 2.75) is 32.3 Å². The zero-order chi connectivity index (χ0) is 14.5. The number of rotatable bonds is 6. The van der Waals surface area contributed by atoms with E-state index in [4.69, 9.17) is 9.84 Å². The molecule has 1 amide bonds. The Labute approximate surface area is 117 Å². The molecule has 1 aliphatic carbocycles. The molecule has 20 heavy (non-hydrogen) atoms. The lowest BCUT2D eigenvalue weighted by molar-refractivity contribution is -0.119. The van der Waals surface area contributed by atoms with Gasteiger partial charge >= 0.3 is 5.97 Å². The first-order valence-corrected chi connectivity index (χ1v) is 6.69. The van der Waals surface area contributed by atoms with E-state index in [2.05, 4.69) is 10.3 Å². The third-order valence-corrected chi connectivity index (χ3v) is 3.33. The van der Waals surface area contributed by atoms with Crippen LogP contribution in [0.25, 0.3) is 0 Å². The Kier molecular flexibility index (Phi) is 4.68. The fourth-order valence-electron chi connectivity index (χ4n) is 2.31. The minimum atomic E-state index is -1.11. The van der Waals surface area contributed by atoms with Gasteiger partial charge in [0.15, 0.2) is 0 Å². The number of carbonyl (C=O) groups excluding carboxylic acids is 1. The van der Waals surface area contributed by atoms with Crippen molar-refractivity contribution in [1.82, 2.24) is 4.98 Å². The summed E-state index contributed by atoms with van der Waals surface area (Å²) in [6.45, 7) is 2.67. The van der Waals surface area contributed by atoms with Crippen LogP contribution in [0.5, 0.6) is 0 Å². The SMILES string of the molecule is CCOC1CC(CC(=O)Nc2ccnc(C(=O)O)c2)C1. The highest BCUT2D eigenvalue weighted by atomic mass is 16.5. The van der Waals surface area contributed by atoms with Gasteiger partial charge in [0.2, 0.25) is 5.91 Å². The maximum Gasteiger partial charge on any atom is 0.354 e. The highest BCUT2D eigenvalue weighted by molar-refractivity contribution is 5.93. The van der Waals surface area contributed by atoms with Crippen LogP contribution in [0, 0.1) is 5.92 Å². The standard InChI is InChI=1S/C14H18N2O4/c1-2-20-11-5-9(6-11)7-13(17)16-10-3-4-15-12(8-10)14(18)19/h3-4,8-9,11H,2,5-7H2,1H3,(H,18,19)(H,15,16,17). The van der Waals surface area contributed by atoms with E-state index < -0.39 is 5.97 Å². The fourth-order valence-corrected chi connectivity index (χ4v) is 2.31. The summed E-state index contributed by atoms with van der Waals surface area (Å²) in [5, 5.41) is 11.5. The maximum absolute atomic E-state index is 11.8. The Hall–Kier alpha value is -1.95. The van der Waals surface area contributed by atoms with Crippen molar-refractivity contribution < 1.29 is 19.4 Å². The van der Waals surface area contributed by atoms with Crippen LogP contribution in [-0.4, -0.2) is 34.7 Å². The average molecular weight is 278 g/mol. The van der Waals surface area contributed by atoms with Crippen molar-refractivity contribution in [3.63, 3.8) is 0 Å². The molecule has 1 heterocycles. The molecule has 1 aliphatic rings. The van der Waals surface area contributed by atoms with E-state index in [-0.39, 0.29) is 17.7 Å². The van der Waals surface area contributed by atoms with Gasteiger partial charge in [-0.25, -0.2) is 9.78 Å². The van der Waals surface area contributed by atoms with E-state index in [0.717, 1.165) is 12.8 Å². The number of amides is 1. The van der Waals surface area contributed by atoms with E-state index in [9.17, 15) is 9.59 Å². The topological polar surface area (TPSA) is 88.5 Å². The molecule has 0 radical (unpaired) electrons. The number of aromatic carboxylic acids is 1. The van der Waals surface area contributed by atoms with Gasteiger partial charge in [-0.15, -0.1) is 0 Å². The normalized spacial score (nSPS) is 21.1. The maximum atomic E-state index is 11.8. The molecule has 1 aromatic heterocycles. The van der Waals surface area contributed by atoms with Gasteiger partial charge in [0.05, 0.1) is 6.10 Å². The first-order chi connectivity index (χ1) is 9.58. The summed E-state index contributed by atoms with van der Waals surface area (Å²) in [5.41, 5.74) is 0.380. The van der Waals surface area contributed by atoms with Gasteiger partial charge in [0.1, 0.15) is 5.69 Å². The first-order valence-electron chi connectivity index (χ1n) is 6.69. The highest BCUT2D eigenvalue weighted by Crippen LogP contribution is 2.32. The molecule has 0 spiro atoms. The third kappa shape index (κ3) is 3.77. The van der Waals surface area contributed by atoms with Gasteiger partial charge < -0.3 is 15.2 Å². The fraction of sp³-hybridized carbons (Fsp3) is 0.500. The number of pyridine rings is 1. The van der Waals surface area contributed by atoms with E-state index in [1.807, 2.05) is 6.92 Å². The van der Waals surface area contributed by atoms with Crippen molar-refractivity contribution in [3.8, 4) is 0 Å². The molecule has 1 aromatic rings. The number of nitrogens with zero attached hydrogens (tertiary/aromatic N) is 1. The summed E-state index contributed by atoms with van der Waals surface area (Å²) in [6.07, 6.45) is 3.93. The lowest BCUT2D eigenvalue weighted by Gasteiger charge is -2.34. The molecular formula is C14H18N2O4. The van der Waals surface area contributed by atoms with Gasteiger partial charge in [-0.1, -0.05) is 0 Å². The molecule has 108 valence electrons. The number of anilines is 1. The number of carbonyl (C=O) groups is 2. The molecule has 0 unspecified atom stereocenters. The molecule has 1 saturated carbocycles. The Morgan fingerprint density at radius 3 is 2.90 bits per heavy atom. The van der Waals surface area contributed by atoms with Crippen LogP contribution in [0.1, 0.15) is 36.7 Å². The van der Waals surface area contributed by atoms with Gasteiger partial charge in [0, 0.05) is 24.9 Å². The number of hydrogen-bond donors (Lipinski definition) is 2. The summed E-state index contributed by atoms with van der Waals surface area (Å²) in [7, 11) is 0. The minimum absolute atomic E-state index is 0.0807. The smallest absolute Gasteiger partial charge is 0.354 e. The van der Waals surface area contributed by atoms with E-state index in [0.29, 0.717) is 24.6 Å². The van der Waals surface area contributed by atoms with Crippen LogP contribution in [0.2, 0.25) is 0 Å². The number of carboxylic acids is 1. The zero-order valence-electron chi connectivity index (χ0n) is 11.3. The van der Waals surface area contributed by atoms with Gasteiger partial charge in [-0.3, -0.25) is 4.79 Å².